The zero-order valence-corrected chi connectivity index (χ0v) is 26.8. The van der Waals surface area contributed by atoms with Gasteiger partial charge in [-0.1, -0.05) is 129 Å². The number of para-hydroxylation sites is 1. The molecule has 3 heteroatoms. The average Bonchev–Trinajstić information content (AvgIpc) is 3.68. The molecule has 10 rings (SSSR count). The fourth-order valence-corrected chi connectivity index (χ4v) is 8.18. The molecule has 1 aliphatic rings. The van der Waals surface area contributed by atoms with Crippen LogP contribution in [0.2, 0.25) is 0 Å². The summed E-state index contributed by atoms with van der Waals surface area (Å²) < 4.78 is 1.95. The fraction of sp³-hybridized carbons (Fsp3) is 0.0667. The van der Waals surface area contributed by atoms with Crippen LogP contribution in [0.15, 0.2) is 152 Å². The Morgan fingerprint density at radius 2 is 1.00 bits per heavy atom. The molecule has 0 saturated heterocycles. The van der Waals surface area contributed by atoms with Gasteiger partial charge in [0, 0.05) is 22.6 Å². The lowest BCUT2D eigenvalue weighted by Crippen LogP contribution is -2.15. The molecule has 0 saturated carbocycles. The van der Waals surface area contributed by atoms with Crippen molar-refractivity contribution in [2.24, 2.45) is 0 Å². The lowest BCUT2D eigenvalue weighted by Gasteiger charge is -2.22. The quantitative estimate of drug-likeness (QED) is 0.186. The molecule has 0 amide bonds. The molecule has 0 atom stereocenters. The van der Waals surface area contributed by atoms with Gasteiger partial charge in [0.1, 0.15) is 0 Å². The van der Waals surface area contributed by atoms with E-state index in [1.54, 1.807) is 0 Å². The summed E-state index contributed by atoms with van der Waals surface area (Å²) >= 11 is 0. The van der Waals surface area contributed by atoms with Gasteiger partial charge in [-0.25, -0.2) is 9.67 Å². The first-order valence-corrected chi connectivity index (χ1v) is 16.6. The predicted molar refractivity (Wildman–Crippen MR) is 200 cm³/mol. The molecule has 0 unspecified atom stereocenters. The highest BCUT2D eigenvalue weighted by atomic mass is 15.3. The van der Waals surface area contributed by atoms with Crippen LogP contribution in [0.3, 0.4) is 0 Å². The Bertz CT molecular complexity index is 2700. The van der Waals surface area contributed by atoms with E-state index in [1.807, 2.05) is 35.3 Å². The zero-order chi connectivity index (χ0) is 32.0. The molecule has 0 fully saturated rings. The van der Waals surface area contributed by atoms with E-state index in [1.165, 1.54) is 76.8 Å². The molecule has 1 aliphatic carbocycles. The molecule has 0 spiro atoms. The highest BCUT2D eigenvalue weighted by molar-refractivity contribution is 6.25. The second kappa shape index (κ2) is 9.97. The summed E-state index contributed by atoms with van der Waals surface area (Å²) in [7, 11) is 0. The first kappa shape index (κ1) is 27.1. The Kier molecular flexibility index (Phi) is 5.63. The van der Waals surface area contributed by atoms with Gasteiger partial charge in [-0.3, -0.25) is 0 Å². The molecule has 0 bridgehead atoms. The van der Waals surface area contributed by atoms with Crippen LogP contribution in [-0.4, -0.2) is 14.8 Å². The number of rotatable bonds is 3. The Labute approximate surface area is 278 Å². The van der Waals surface area contributed by atoms with Crippen molar-refractivity contribution in [1.82, 2.24) is 14.8 Å². The molecule has 3 nitrogen and oxygen atoms in total. The maximum Gasteiger partial charge on any atom is 0.163 e. The molecule has 2 heterocycles. The maximum absolute atomic E-state index is 4.96. The van der Waals surface area contributed by atoms with Crippen molar-refractivity contribution < 1.29 is 0 Å². The smallest absolute Gasteiger partial charge is 0.163 e. The average molecular weight is 614 g/mol. The van der Waals surface area contributed by atoms with Crippen LogP contribution in [-0.2, 0) is 5.41 Å². The van der Waals surface area contributed by atoms with Crippen LogP contribution in [0.5, 0.6) is 0 Å². The highest BCUT2D eigenvalue weighted by Gasteiger charge is 2.38. The summed E-state index contributed by atoms with van der Waals surface area (Å²) in [5.41, 5.74) is 11.7. The van der Waals surface area contributed by atoms with Crippen LogP contribution < -0.4 is 0 Å². The van der Waals surface area contributed by atoms with E-state index in [0.29, 0.717) is 0 Å². The maximum atomic E-state index is 4.96. The molecule has 9 aromatic rings. The summed E-state index contributed by atoms with van der Waals surface area (Å²) in [6.07, 6.45) is 4.03. The van der Waals surface area contributed by atoms with Gasteiger partial charge in [0.05, 0.1) is 11.9 Å². The molecule has 7 aromatic carbocycles. The van der Waals surface area contributed by atoms with E-state index in [9.17, 15) is 0 Å². The van der Waals surface area contributed by atoms with E-state index in [0.717, 1.165) is 16.7 Å². The van der Waals surface area contributed by atoms with Gasteiger partial charge >= 0.3 is 0 Å². The number of hydrogen-bond donors (Lipinski definition) is 0. The third kappa shape index (κ3) is 3.82. The SMILES string of the molecule is CC1(C)c2ccc(-c3ccc(-c4ccc5c6ccccc6c6ccccc6c5c4)cc3)cc2-c2cnc3c(cnn3-c3ccccc3)c21. The van der Waals surface area contributed by atoms with Gasteiger partial charge in [0.25, 0.3) is 0 Å². The lowest BCUT2D eigenvalue weighted by molar-refractivity contribution is 0.666. The minimum Gasteiger partial charge on any atom is -0.236 e. The van der Waals surface area contributed by atoms with Gasteiger partial charge in [0.15, 0.2) is 5.65 Å². The predicted octanol–water partition coefficient (Wildman–Crippen LogP) is 11.5. The Morgan fingerprint density at radius 3 is 1.67 bits per heavy atom. The third-order valence-electron chi connectivity index (χ3n) is 10.5. The largest absolute Gasteiger partial charge is 0.236 e. The zero-order valence-electron chi connectivity index (χ0n) is 26.8. The Hall–Kier alpha value is -6.06. The second-order valence-electron chi connectivity index (χ2n) is 13.5. The Balaban J connectivity index is 1.04. The van der Waals surface area contributed by atoms with Gasteiger partial charge in [-0.15, -0.1) is 0 Å². The number of nitrogens with zero attached hydrogens (tertiary/aromatic N) is 3. The molecular formula is C45H31N3. The third-order valence-corrected chi connectivity index (χ3v) is 10.5. The van der Waals surface area contributed by atoms with Crippen molar-refractivity contribution in [1.29, 1.82) is 0 Å². The van der Waals surface area contributed by atoms with Crippen LogP contribution in [0.25, 0.3) is 82.4 Å². The van der Waals surface area contributed by atoms with Crippen LogP contribution in [0, 0.1) is 0 Å². The molecule has 0 radical (unpaired) electrons. The minimum absolute atomic E-state index is 0.162. The van der Waals surface area contributed by atoms with E-state index in [4.69, 9.17) is 10.1 Å². The van der Waals surface area contributed by atoms with Gasteiger partial charge in [0.2, 0.25) is 0 Å². The van der Waals surface area contributed by atoms with E-state index < -0.39 is 0 Å². The van der Waals surface area contributed by atoms with Gasteiger partial charge in [-0.05, 0) is 95.5 Å². The first-order chi connectivity index (χ1) is 23.6. The van der Waals surface area contributed by atoms with E-state index in [2.05, 4.69) is 135 Å². The van der Waals surface area contributed by atoms with Gasteiger partial charge in [-0.2, -0.15) is 5.10 Å². The number of fused-ring (bicyclic) bond motifs is 11. The molecular weight excluding hydrogens is 583 g/mol. The van der Waals surface area contributed by atoms with Crippen molar-refractivity contribution in [2.75, 3.05) is 0 Å². The fourth-order valence-electron chi connectivity index (χ4n) is 8.18. The van der Waals surface area contributed by atoms with Crippen LogP contribution >= 0.6 is 0 Å². The summed E-state index contributed by atoms with van der Waals surface area (Å²) in [5, 5.41) is 13.7. The highest BCUT2D eigenvalue weighted by Crippen LogP contribution is 2.52. The normalized spacial score (nSPS) is 13.4. The second-order valence-corrected chi connectivity index (χ2v) is 13.5. The summed E-state index contributed by atoms with van der Waals surface area (Å²) in [5.74, 6) is 0. The van der Waals surface area contributed by atoms with E-state index >= 15 is 0 Å². The minimum atomic E-state index is -0.162. The molecule has 226 valence electrons. The number of aromatic nitrogens is 3. The lowest BCUT2D eigenvalue weighted by atomic mass is 9.81. The van der Waals surface area contributed by atoms with E-state index in [-0.39, 0.29) is 5.41 Å². The molecule has 2 aromatic heterocycles. The van der Waals surface area contributed by atoms with Crippen molar-refractivity contribution in [3.05, 3.63) is 163 Å². The van der Waals surface area contributed by atoms with Crippen molar-refractivity contribution in [3.8, 4) is 39.1 Å². The molecule has 0 N–H and O–H groups in total. The molecule has 0 aliphatic heterocycles. The first-order valence-electron chi connectivity index (χ1n) is 16.6. The Morgan fingerprint density at radius 1 is 0.458 bits per heavy atom. The van der Waals surface area contributed by atoms with Crippen molar-refractivity contribution in [2.45, 2.75) is 19.3 Å². The number of benzene rings is 7. The summed E-state index contributed by atoms with van der Waals surface area (Å²) in [6, 6.07) is 50.6. The standard InChI is InChI=1S/C45H31N3/c1-45(2)42-23-21-31(25-39(42)40-26-46-44-41(43(40)45)27-47-48(44)32-10-4-3-5-11-32)29-18-16-28(17-19-29)30-20-22-37-35-14-7-6-12-33(35)34-13-8-9-15-36(34)38(37)24-30/h3-27H,1-2H3. The number of pyridine rings is 1. The van der Waals surface area contributed by atoms with Crippen molar-refractivity contribution >= 4 is 43.4 Å². The van der Waals surface area contributed by atoms with Crippen molar-refractivity contribution in [3.63, 3.8) is 0 Å². The monoisotopic (exact) mass is 613 g/mol. The van der Waals surface area contributed by atoms with Crippen LogP contribution in [0.1, 0.15) is 25.0 Å². The topological polar surface area (TPSA) is 30.7 Å². The van der Waals surface area contributed by atoms with Gasteiger partial charge < -0.3 is 0 Å². The number of hydrogen-bond acceptors (Lipinski definition) is 2. The molecule has 48 heavy (non-hydrogen) atoms. The summed E-state index contributed by atoms with van der Waals surface area (Å²) in [4.78, 5) is 4.96. The summed E-state index contributed by atoms with van der Waals surface area (Å²) in [6.45, 7) is 4.64. The van der Waals surface area contributed by atoms with Crippen LogP contribution in [0.4, 0.5) is 0 Å².